The van der Waals surface area contributed by atoms with E-state index in [0.29, 0.717) is 17.1 Å². The van der Waals surface area contributed by atoms with E-state index in [0.717, 1.165) is 24.3 Å². The van der Waals surface area contributed by atoms with Crippen LogP contribution in [0.5, 0.6) is 0 Å². The van der Waals surface area contributed by atoms with Gasteiger partial charge in [0.25, 0.3) is 0 Å². The van der Waals surface area contributed by atoms with E-state index in [1.807, 2.05) is 6.92 Å². The predicted molar refractivity (Wildman–Crippen MR) is 69.6 cm³/mol. The van der Waals surface area contributed by atoms with Crippen LogP contribution in [-0.2, 0) is 4.79 Å². The molecule has 0 aromatic carbocycles. The molecule has 0 aromatic rings. The first-order chi connectivity index (χ1) is 8.12. The van der Waals surface area contributed by atoms with E-state index in [2.05, 4.69) is 19.1 Å². The Morgan fingerprint density at radius 3 is 2.94 bits per heavy atom. The summed E-state index contributed by atoms with van der Waals surface area (Å²) in [5.41, 5.74) is 2.82. The van der Waals surface area contributed by atoms with Crippen LogP contribution in [0.4, 0.5) is 0 Å². The molecular weight excluding hydrogens is 208 g/mol. The SMILES string of the molecule is CC1=C2C=C[C@@]3(C)CCCC[C@H]3[C@@H]2CCC1=O. The molecular formula is C16H22O. The van der Waals surface area contributed by atoms with Crippen LogP contribution in [0.25, 0.3) is 0 Å². The molecule has 1 saturated carbocycles. The van der Waals surface area contributed by atoms with Gasteiger partial charge >= 0.3 is 0 Å². The largest absolute Gasteiger partial charge is 0.295 e. The molecule has 3 rings (SSSR count). The summed E-state index contributed by atoms with van der Waals surface area (Å²) in [4.78, 5) is 11.8. The molecule has 17 heavy (non-hydrogen) atoms. The maximum Gasteiger partial charge on any atom is 0.158 e. The van der Waals surface area contributed by atoms with Crippen LogP contribution in [0, 0.1) is 17.3 Å². The van der Waals surface area contributed by atoms with Crippen molar-refractivity contribution in [2.24, 2.45) is 17.3 Å². The highest BCUT2D eigenvalue weighted by Crippen LogP contribution is 2.53. The molecule has 3 atom stereocenters. The summed E-state index contributed by atoms with van der Waals surface area (Å²) in [5.74, 6) is 1.84. The zero-order valence-corrected chi connectivity index (χ0v) is 11.0. The number of carbonyl (C=O) groups is 1. The van der Waals surface area contributed by atoms with E-state index < -0.39 is 0 Å². The minimum Gasteiger partial charge on any atom is -0.295 e. The number of carbonyl (C=O) groups excluding carboxylic acids is 1. The molecule has 0 saturated heterocycles. The zero-order valence-electron chi connectivity index (χ0n) is 11.0. The number of hydrogen-bond acceptors (Lipinski definition) is 1. The molecule has 0 heterocycles. The van der Waals surface area contributed by atoms with Gasteiger partial charge in [0.05, 0.1) is 0 Å². The fourth-order valence-corrected chi connectivity index (χ4v) is 4.27. The van der Waals surface area contributed by atoms with Crippen molar-refractivity contribution in [1.82, 2.24) is 0 Å². The molecule has 0 spiro atoms. The Morgan fingerprint density at radius 2 is 2.12 bits per heavy atom. The third-order valence-corrected chi connectivity index (χ3v) is 5.39. The molecule has 92 valence electrons. The van der Waals surface area contributed by atoms with E-state index in [4.69, 9.17) is 0 Å². The number of rotatable bonds is 0. The van der Waals surface area contributed by atoms with Crippen molar-refractivity contribution in [2.75, 3.05) is 0 Å². The Morgan fingerprint density at radius 1 is 1.29 bits per heavy atom. The van der Waals surface area contributed by atoms with Crippen LogP contribution in [0.1, 0.15) is 52.4 Å². The van der Waals surface area contributed by atoms with Gasteiger partial charge in [0.15, 0.2) is 5.78 Å². The molecule has 1 heteroatoms. The molecule has 0 radical (unpaired) electrons. The van der Waals surface area contributed by atoms with Gasteiger partial charge in [-0.25, -0.2) is 0 Å². The number of ketones is 1. The van der Waals surface area contributed by atoms with Crippen molar-refractivity contribution < 1.29 is 4.79 Å². The Labute approximate surface area is 104 Å². The van der Waals surface area contributed by atoms with E-state index in [-0.39, 0.29) is 0 Å². The molecule has 0 unspecified atom stereocenters. The van der Waals surface area contributed by atoms with Gasteiger partial charge in [-0.15, -0.1) is 0 Å². The Hall–Kier alpha value is -0.850. The Balaban J connectivity index is 2.05. The molecule has 3 aliphatic rings. The molecule has 0 amide bonds. The highest BCUT2D eigenvalue weighted by atomic mass is 16.1. The van der Waals surface area contributed by atoms with Crippen molar-refractivity contribution >= 4 is 5.78 Å². The number of hydrogen-bond donors (Lipinski definition) is 0. The van der Waals surface area contributed by atoms with Gasteiger partial charge in [-0.3, -0.25) is 4.79 Å². The van der Waals surface area contributed by atoms with Crippen molar-refractivity contribution in [2.45, 2.75) is 52.4 Å². The van der Waals surface area contributed by atoms with Crippen LogP contribution < -0.4 is 0 Å². The zero-order chi connectivity index (χ0) is 12.0. The summed E-state index contributed by atoms with van der Waals surface area (Å²) in [7, 11) is 0. The average molecular weight is 230 g/mol. The summed E-state index contributed by atoms with van der Waals surface area (Å²) in [6.45, 7) is 4.45. The summed E-state index contributed by atoms with van der Waals surface area (Å²) in [6, 6.07) is 0. The first-order valence-corrected chi connectivity index (χ1v) is 7.05. The highest BCUT2D eigenvalue weighted by molar-refractivity contribution is 5.97. The number of Topliss-reactive ketones (excluding diaryl/α,β-unsaturated/α-hetero) is 1. The van der Waals surface area contributed by atoms with Crippen LogP contribution in [-0.4, -0.2) is 5.78 Å². The van der Waals surface area contributed by atoms with Crippen molar-refractivity contribution in [3.05, 3.63) is 23.3 Å². The molecule has 0 N–H and O–H groups in total. The van der Waals surface area contributed by atoms with Crippen LogP contribution in [0.15, 0.2) is 23.3 Å². The summed E-state index contributed by atoms with van der Waals surface area (Å²) in [5, 5.41) is 0. The topological polar surface area (TPSA) is 17.1 Å². The van der Waals surface area contributed by atoms with Crippen LogP contribution in [0.2, 0.25) is 0 Å². The number of allylic oxidation sites excluding steroid dienone is 4. The van der Waals surface area contributed by atoms with Crippen LogP contribution in [0.3, 0.4) is 0 Å². The minimum absolute atomic E-state index is 0.375. The monoisotopic (exact) mass is 230 g/mol. The lowest BCUT2D eigenvalue weighted by atomic mass is 9.56. The lowest BCUT2D eigenvalue weighted by molar-refractivity contribution is -0.116. The third kappa shape index (κ3) is 1.63. The van der Waals surface area contributed by atoms with Gasteiger partial charge in [-0.2, -0.15) is 0 Å². The van der Waals surface area contributed by atoms with Gasteiger partial charge in [-0.1, -0.05) is 31.9 Å². The fourth-order valence-electron chi connectivity index (χ4n) is 4.27. The second kappa shape index (κ2) is 3.83. The second-order valence-corrected chi connectivity index (χ2v) is 6.34. The highest BCUT2D eigenvalue weighted by Gasteiger charge is 2.44. The van der Waals surface area contributed by atoms with E-state index >= 15 is 0 Å². The lowest BCUT2D eigenvalue weighted by Crippen LogP contribution is -2.39. The normalized spacial score (nSPS) is 41.2. The van der Waals surface area contributed by atoms with Gasteiger partial charge in [0.2, 0.25) is 0 Å². The summed E-state index contributed by atoms with van der Waals surface area (Å²) >= 11 is 0. The quantitative estimate of drug-likeness (QED) is 0.613. The van der Waals surface area contributed by atoms with E-state index in [9.17, 15) is 4.79 Å². The minimum atomic E-state index is 0.375. The fraction of sp³-hybridized carbons (Fsp3) is 0.688. The van der Waals surface area contributed by atoms with Crippen molar-refractivity contribution in [1.29, 1.82) is 0 Å². The van der Waals surface area contributed by atoms with Gasteiger partial charge in [0.1, 0.15) is 0 Å². The lowest BCUT2D eigenvalue weighted by Gasteiger charge is -2.48. The molecule has 1 fully saturated rings. The van der Waals surface area contributed by atoms with Gasteiger partial charge < -0.3 is 0 Å². The van der Waals surface area contributed by atoms with Gasteiger partial charge in [0, 0.05) is 6.42 Å². The Kier molecular flexibility index (Phi) is 2.53. The van der Waals surface area contributed by atoms with Crippen molar-refractivity contribution in [3.63, 3.8) is 0 Å². The number of fused-ring (bicyclic) bond motifs is 3. The third-order valence-electron chi connectivity index (χ3n) is 5.39. The molecule has 1 nitrogen and oxygen atoms in total. The average Bonchev–Trinajstić information content (AvgIpc) is 2.33. The summed E-state index contributed by atoms with van der Waals surface area (Å²) in [6.07, 6.45) is 12.0. The van der Waals surface area contributed by atoms with Gasteiger partial charge in [-0.05, 0) is 54.6 Å². The molecule has 0 aromatic heterocycles. The van der Waals surface area contributed by atoms with Crippen molar-refractivity contribution in [3.8, 4) is 0 Å². The van der Waals surface area contributed by atoms with E-state index in [1.165, 1.54) is 31.3 Å². The second-order valence-electron chi connectivity index (χ2n) is 6.34. The maximum absolute atomic E-state index is 11.8. The van der Waals surface area contributed by atoms with E-state index in [1.54, 1.807) is 0 Å². The molecule has 0 bridgehead atoms. The predicted octanol–water partition coefficient (Wildman–Crippen LogP) is 4.05. The first kappa shape index (κ1) is 11.3. The maximum atomic E-state index is 11.8. The standard InChI is InChI=1S/C16H22O/c1-11-12-8-10-16(2)9-4-3-5-14(16)13(12)6-7-15(11)17/h8,10,13-14H,3-7,9H2,1-2H3/t13-,14+,16-/m1/s1. The molecule has 3 aliphatic carbocycles. The summed E-state index contributed by atoms with van der Waals surface area (Å²) < 4.78 is 0. The smallest absolute Gasteiger partial charge is 0.158 e. The first-order valence-electron chi connectivity index (χ1n) is 7.05. The molecule has 0 aliphatic heterocycles. The Bertz CT molecular complexity index is 415. The van der Waals surface area contributed by atoms with Crippen LogP contribution >= 0.6 is 0 Å².